The SMILES string of the molecule is CC(=O)c1ccc(S(=O)(=O)N2CCC(C(=O)Nc3ncccc3OCC3CCCCC3)CC2)cc1. The van der Waals surface area contributed by atoms with Gasteiger partial charge in [-0.05, 0) is 62.8 Å². The average molecular weight is 500 g/mol. The molecule has 4 rings (SSSR count). The third-order valence-electron chi connectivity index (χ3n) is 6.93. The van der Waals surface area contributed by atoms with Gasteiger partial charge in [0.05, 0.1) is 11.5 Å². The maximum atomic E-state index is 13.0. The number of carbonyl (C=O) groups excluding carboxylic acids is 2. The highest BCUT2D eigenvalue weighted by atomic mass is 32.2. The van der Waals surface area contributed by atoms with Crippen molar-refractivity contribution in [2.75, 3.05) is 25.0 Å². The fourth-order valence-corrected chi connectivity index (χ4v) is 6.22. The predicted molar refractivity (Wildman–Crippen MR) is 133 cm³/mol. The lowest BCUT2D eigenvalue weighted by atomic mass is 9.90. The molecule has 1 aliphatic carbocycles. The number of hydrogen-bond acceptors (Lipinski definition) is 6. The van der Waals surface area contributed by atoms with Gasteiger partial charge in [-0.2, -0.15) is 4.31 Å². The van der Waals surface area contributed by atoms with Gasteiger partial charge in [0.25, 0.3) is 0 Å². The second-order valence-electron chi connectivity index (χ2n) is 9.41. The van der Waals surface area contributed by atoms with Gasteiger partial charge in [0.2, 0.25) is 15.9 Å². The summed E-state index contributed by atoms with van der Waals surface area (Å²) in [6.45, 7) is 2.57. The van der Waals surface area contributed by atoms with Gasteiger partial charge >= 0.3 is 0 Å². The van der Waals surface area contributed by atoms with E-state index in [1.165, 1.54) is 67.6 Å². The van der Waals surface area contributed by atoms with Crippen molar-refractivity contribution in [3.05, 3.63) is 48.2 Å². The van der Waals surface area contributed by atoms with Crippen molar-refractivity contribution in [3.63, 3.8) is 0 Å². The van der Waals surface area contributed by atoms with Crippen LogP contribution in [0.1, 0.15) is 62.2 Å². The Hall–Kier alpha value is -2.78. The fourth-order valence-electron chi connectivity index (χ4n) is 4.75. The normalized spacial score (nSPS) is 18.2. The molecule has 0 unspecified atom stereocenters. The maximum absolute atomic E-state index is 13.0. The Morgan fingerprint density at radius 3 is 2.37 bits per heavy atom. The molecule has 9 heteroatoms. The van der Waals surface area contributed by atoms with E-state index in [-0.39, 0.29) is 35.6 Å². The van der Waals surface area contributed by atoms with E-state index in [1.54, 1.807) is 12.3 Å². The van der Waals surface area contributed by atoms with Gasteiger partial charge in [-0.1, -0.05) is 31.4 Å². The van der Waals surface area contributed by atoms with Gasteiger partial charge in [0.1, 0.15) is 0 Å². The predicted octanol–water partition coefficient (Wildman–Crippen LogP) is 4.28. The van der Waals surface area contributed by atoms with E-state index in [0.29, 0.717) is 42.5 Å². The van der Waals surface area contributed by atoms with Gasteiger partial charge in [-0.25, -0.2) is 13.4 Å². The number of rotatable bonds is 8. The van der Waals surface area contributed by atoms with Crippen LogP contribution in [0.15, 0.2) is 47.5 Å². The van der Waals surface area contributed by atoms with Crippen molar-refractivity contribution in [2.24, 2.45) is 11.8 Å². The summed E-state index contributed by atoms with van der Waals surface area (Å²) in [6, 6.07) is 9.57. The highest BCUT2D eigenvalue weighted by Crippen LogP contribution is 2.29. The lowest BCUT2D eigenvalue weighted by molar-refractivity contribution is -0.121. The van der Waals surface area contributed by atoms with E-state index in [1.807, 2.05) is 6.07 Å². The monoisotopic (exact) mass is 499 g/mol. The van der Waals surface area contributed by atoms with Gasteiger partial charge in [0.15, 0.2) is 17.4 Å². The first-order valence-corrected chi connectivity index (χ1v) is 13.8. The van der Waals surface area contributed by atoms with E-state index >= 15 is 0 Å². The lowest BCUT2D eigenvalue weighted by Crippen LogP contribution is -2.41. The van der Waals surface area contributed by atoms with Crippen LogP contribution < -0.4 is 10.1 Å². The quantitative estimate of drug-likeness (QED) is 0.544. The minimum absolute atomic E-state index is 0.115. The fraction of sp³-hybridized carbons (Fsp3) is 0.500. The molecule has 1 aliphatic heterocycles. The van der Waals surface area contributed by atoms with Crippen LogP contribution in [-0.2, 0) is 14.8 Å². The Kier molecular flexibility index (Phi) is 8.18. The van der Waals surface area contributed by atoms with Crippen molar-refractivity contribution in [1.29, 1.82) is 0 Å². The molecular formula is C26H33N3O5S. The smallest absolute Gasteiger partial charge is 0.243 e. The molecule has 1 N–H and O–H groups in total. The number of piperidine rings is 1. The van der Waals surface area contributed by atoms with Crippen LogP contribution in [0.5, 0.6) is 5.75 Å². The molecule has 2 fully saturated rings. The first-order chi connectivity index (χ1) is 16.8. The second kappa shape index (κ2) is 11.3. The van der Waals surface area contributed by atoms with Crippen molar-refractivity contribution in [1.82, 2.24) is 9.29 Å². The summed E-state index contributed by atoms with van der Waals surface area (Å²) in [6.07, 6.45) is 8.57. The highest BCUT2D eigenvalue weighted by molar-refractivity contribution is 7.89. The number of benzene rings is 1. The molecule has 1 aromatic heterocycles. The van der Waals surface area contributed by atoms with Crippen molar-refractivity contribution < 1.29 is 22.7 Å². The van der Waals surface area contributed by atoms with Crippen LogP contribution in [0.2, 0.25) is 0 Å². The Bertz CT molecular complexity index is 1140. The summed E-state index contributed by atoms with van der Waals surface area (Å²) in [7, 11) is -3.68. The number of nitrogens with zero attached hydrogens (tertiary/aromatic N) is 2. The van der Waals surface area contributed by atoms with Gasteiger partial charge in [-0.15, -0.1) is 0 Å². The molecule has 1 aromatic carbocycles. The molecule has 188 valence electrons. The van der Waals surface area contributed by atoms with Gasteiger partial charge in [-0.3, -0.25) is 9.59 Å². The van der Waals surface area contributed by atoms with Crippen molar-refractivity contribution >= 4 is 27.5 Å². The standard InChI is InChI=1S/C26H33N3O5S/c1-19(30)21-9-11-23(12-10-21)35(32,33)29-16-13-22(14-17-29)26(31)28-25-24(8-5-15-27-25)34-18-20-6-3-2-4-7-20/h5,8-12,15,20,22H,2-4,6-7,13-14,16-18H2,1H3,(H,27,28,31). The van der Waals surface area contributed by atoms with E-state index in [2.05, 4.69) is 10.3 Å². The Morgan fingerprint density at radius 2 is 1.71 bits per heavy atom. The first kappa shape index (κ1) is 25.3. The molecule has 2 aromatic rings. The summed E-state index contributed by atoms with van der Waals surface area (Å²) in [4.78, 5) is 28.9. The summed E-state index contributed by atoms with van der Waals surface area (Å²) in [5, 5.41) is 2.90. The Morgan fingerprint density at radius 1 is 1.03 bits per heavy atom. The number of aromatic nitrogens is 1. The van der Waals surface area contributed by atoms with Crippen LogP contribution in [-0.4, -0.2) is 49.1 Å². The zero-order valence-corrected chi connectivity index (χ0v) is 20.9. The molecule has 2 aliphatic rings. The van der Waals surface area contributed by atoms with E-state index < -0.39 is 10.0 Å². The third kappa shape index (κ3) is 6.27. The number of Topliss-reactive ketones (excluding diaryl/α,β-unsaturated/α-hetero) is 1. The van der Waals surface area contributed by atoms with Gasteiger partial charge in [0, 0.05) is 30.8 Å². The van der Waals surface area contributed by atoms with Crippen LogP contribution in [0, 0.1) is 11.8 Å². The minimum Gasteiger partial charge on any atom is -0.489 e. The first-order valence-electron chi connectivity index (χ1n) is 12.3. The van der Waals surface area contributed by atoms with Crippen LogP contribution in [0.3, 0.4) is 0 Å². The average Bonchev–Trinajstić information content (AvgIpc) is 2.89. The van der Waals surface area contributed by atoms with Crippen molar-refractivity contribution in [2.45, 2.75) is 56.8 Å². The number of nitrogens with one attached hydrogen (secondary N) is 1. The number of anilines is 1. The molecule has 1 saturated heterocycles. The molecule has 0 atom stereocenters. The molecule has 0 radical (unpaired) electrons. The van der Waals surface area contributed by atoms with E-state index in [4.69, 9.17) is 4.74 Å². The summed E-state index contributed by atoms with van der Waals surface area (Å²) in [5.74, 6) is 0.923. The minimum atomic E-state index is -3.68. The third-order valence-corrected chi connectivity index (χ3v) is 8.85. The molecule has 1 saturated carbocycles. The van der Waals surface area contributed by atoms with Crippen molar-refractivity contribution in [3.8, 4) is 5.75 Å². The molecule has 8 nitrogen and oxygen atoms in total. The number of ether oxygens (including phenoxy) is 1. The number of amides is 1. The maximum Gasteiger partial charge on any atom is 0.243 e. The molecule has 0 spiro atoms. The molecule has 35 heavy (non-hydrogen) atoms. The number of sulfonamides is 1. The van der Waals surface area contributed by atoms with Crippen LogP contribution >= 0.6 is 0 Å². The van der Waals surface area contributed by atoms with E-state index in [9.17, 15) is 18.0 Å². The summed E-state index contributed by atoms with van der Waals surface area (Å²) >= 11 is 0. The lowest BCUT2D eigenvalue weighted by Gasteiger charge is -2.30. The Labute approximate surface area is 207 Å². The zero-order valence-electron chi connectivity index (χ0n) is 20.1. The zero-order chi connectivity index (χ0) is 24.8. The number of carbonyl (C=O) groups is 2. The molecule has 2 heterocycles. The van der Waals surface area contributed by atoms with E-state index in [0.717, 1.165) is 0 Å². The Balaban J connectivity index is 1.33. The summed E-state index contributed by atoms with van der Waals surface area (Å²) in [5.41, 5.74) is 0.468. The van der Waals surface area contributed by atoms with Crippen LogP contribution in [0.4, 0.5) is 5.82 Å². The second-order valence-corrected chi connectivity index (χ2v) is 11.4. The topological polar surface area (TPSA) is 106 Å². The number of ketones is 1. The summed E-state index contributed by atoms with van der Waals surface area (Å²) < 4.78 is 33.4. The highest BCUT2D eigenvalue weighted by Gasteiger charge is 2.32. The molecule has 1 amide bonds. The molecular weight excluding hydrogens is 466 g/mol. The van der Waals surface area contributed by atoms with Crippen LogP contribution in [0.25, 0.3) is 0 Å². The number of hydrogen-bond donors (Lipinski definition) is 1. The van der Waals surface area contributed by atoms with Gasteiger partial charge < -0.3 is 10.1 Å². The number of pyridine rings is 1. The largest absolute Gasteiger partial charge is 0.489 e. The molecule has 0 bridgehead atoms.